The van der Waals surface area contributed by atoms with Crippen LogP contribution in [0.5, 0.6) is 0 Å². The van der Waals surface area contributed by atoms with E-state index in [1.165, 1.54) is 12.1 Å². The van der Waals surface area contributed by atoms with Crippen LogP contribution in [0, 0.1) is 0 Å². The van der Waals surface area contributed by atoms with Crippen molar-refractivity contribution in [1.29, 1.82) is 0 Å². The van der Waals surface area contributed by atoms with Gasteiger partial charge >= 0.3 is 6.18 Å². The minimum atomic E-state index is -4.30. The van der Waals surface area contributed by atoms with Crippen LogP contribution in [0.1, 0.15) is 18.4 Å². The van der Waals surface area contributed by atoms with Gasteiger partial charge in [0.2, 0.25) is 0 Å². The van der Waals surface area contributed by atoms with E-state index in [2.05, 4.69) is 9.88 Å². The van der Waals surface area contributed by atoms with E-state index in [9.17, 15) is 13.2 Å². The molecule has 21 heavy (non-hydrogen) atoms. The molecule has 0 N–H and O–H groups in total. The summed E-state index contributed by atoms with van der Waals surface area (Å²) in [6, 6.07) is 10.8. The molecule has 2 nitrogen and oxygen atoms in total. The lowest BCUT2D eigenvalue weighted by molar-refractivity contribution is -0.137. The minimum Gasteiger partial charge on any atom is -0.357 e. The van der Waals surface area contributed by atoms with Crippen LogP contribution in [-0.4, -0.2) is 18.1 Å². The highest BCUT2D eigenvalue weighted by Gasteiger charge is 2.30. The maximum atomic E-state index is 12.6. The van der Waals surface area contributed by atoms with Crippen LogP contribution in [0.25, 0.3) is 11.3 Å². The Morgan fingerprint density at radius 1 is 0.905 bits per heavy atom. The Kier molecular flexibility index (Phi) is 3.57. The Hall–Kier alpha value is -2.04. The number of pyridine rings is 1. The van der Waals surface area contributed by atoms with Crippen molar-refractivity contribution in [2.75, 3.05) is 18.0 Å². The van der Waals surface area contributed by atoms with E-state index in [0.29, 0.717) is 11.3 Å². The largest absolute Gasteiger partial charge is 0.416 e. The van der Waals surface area contributed by atoms with Crippen molar-refractivity contribution < 1.29 is 13.2 Å². The summed E-state index contributed by atoms with van der Waals surface area (Å²) in [5.74, 6) is 0.893. The van der Waals surface area contributed by atoms with Crippen molar-refractivity contribution in [3.8, 4) is 11.3 Å². The number of halogens is 3. The van der Waals surface area contributed by atoms with Crippen LogP contribution in [0.15, 0.2) is 42.5 Å². The number of rotatable bonds is 2. The molecular formula is C16H15F3N2. The predicted octanol–water partition coefficient (Wildman–Crippen LogP) is 4.37. The Morgan fingerprint density at radius 3 is 2.19 bits per heavy atom. The molecule has 1 aromatic carbocycles. The van der Waals surface area contributed by atoms with Crippen molar-refractivity contribution >= 4 is 5.82 Å². The van der Waals surface area contributed by atoms with Gasteiger partial charge in [0.1, 0.15) is 5.82 Å². The van der Waals surface area contributed by atoms with E-state index in [1.807, 2.05) is 18.2 Å². The molecule has 0 amide bonds. The fourth-order valence-corrected chi connectivity index (χ4v) is 2.54. The topological polar surface area (TPSA) is 16.1 Å². The Labute approximate surface area is 121 Å². The van der Waals surface area contributed by atoms with E-state index in [4.69, 9.17) is 0 Å². The van der Waals surface area contributed by atoms with Crippen molar-refractivity contribution in [2.24, 2.45) is 0 Å². The summed E-state index contributed by atoms with van der Waals surface area (Å²) in [6.45, 7) is 1.98. The van der Waals surface area contributed by atoms with Crippen LogP contribution in [0.3, 0.4) is 0 Å². The molecule has 1 aliphatic heterocycles. The summed E-state index contributed by atoms with van der Waals surface area (Å²) in [5, 5.41) is 0. The Balaban J connectivity index is 1.88. The molecule has 2 aromatic rings. The van der Waals surface area contributed by atoms with E-state index in [1.54, 1.807) is 0 Å². The van der Waals surface area contributed by atoms with E-state index in [0.717, 1.165) is 43.9 Å². The van der Waals surface area contributed by atoms with Gasteiger partial charge in [-0.25, -0.2) is 4.98 Å². The molecule has 1 aromatic heterocycles. The second-order valence-electron chi connectivity index (χ2n) is 5.15. The number of anilines is 1. The fourth-order valence-electron chi connectivity index (χ4n) is 2.54. The molecule has 0 radical (unpaired) electrons. The van der Waals surface area contributed by atoms with Gasteiger partial charge in [-0.2, -0.15) is 13.2 Å². The first-order valence-corrected chi connectivity index (χ1v) is 6.94. The third-order valence-corrected chi connectivity index (χ3v) is 3.67. The van der Waals surface area contributed by atoms with Crippen LogP contribution in [0.2, 0.25) is 0 Å². The normalized spacial score (nSPS) is 15.5. The third kappa shape index (κ3) is 3.01. The lowest BCUT2D eigenvalue weighted by Crippen LogP contribution is -2.18. The summed E-state index contributed by atoms with van der Waals surface area (Å²) in [7, 11) is 0. The molecule has 0 saturated carbocycles. The first kappa shape index (κ1) is 13.9. The molecule has 0 atom stereocenters. The molecule has 110 valence electrons. The summed E-state index contributed by atoms with van der Waals surface area (Å²) in [6.07, 6.45) is -1.98. The van der Waals surface area contributed by atoms with E-state index < -0.39 is 11.7 Å². The molecule has 0 aliphatic carbocycles. The zero-order valence-corrected chi connectivity index (χ0v) is 11.4. The number of aromatic nitrogens is 1. The van der Waals surface area contributed by atoms with E-state index >= 15 is 0 Å². The zero-order chi connectivity index (χ0) is 14.9. The molecule has 2 heterocycles. The molecule has 5 heteroatoms. The van der Waals surface area contributed by atoms with Crippen molar-refractivity contribution in [1.82, 2.24) is 4.98 Å². The third-order valence-electron chi connectivity index (χ3n) is 3.67. The van der Waals surface area contributed by atoms with Gasteiger partial charge in [-0.15, -0.1) is 0 Å². The lowest BCUT2D eigenvalue weighted by atomic mass is 10.1. The molecule has 1 saturated heterocycles. The molecule has 0 unspecified atom stereocenters. The average molecular weight is 292 g/mol. The van der Waals surface area contributed by atoms with E-state index in [-0.39, 0.29) is 0 Å². The molecule has 1 aliphatic rings. The van der Waals surface area contributed by atoms with Crippen LogP contribution in [-0.2, 0) is 6.18 Å². The summed E-state index contributed by atoms with van der Waals surface area (Å²) < 4.78 is 37.7. The van der Waals surface area contributed by atoms with Crippen LogP contribution in [0.4, 0.5) is 19.0 Å². The fraction of sp³-hybridized carbons (Fsp3) is 0.312. The smallest absolute Gasteiger partial charge is 0.357 e. The number of benzene rings is 1. The van der Waals surface area contributed by atoms with Gasteiger partial charge in [0.05, 0.1) is 11.3 Å². The molecule has 1 fully saturated rings. The average Bonchev–Trinajstić information content (AvgIpc) is 3.01. The van der Waals surface area contributed by atoms with Crippen LogP contribution >= 0.6 is 0 Å². The van der Waals surface area contributed by atoms with Crippen molar-refractivity contribution in [2.45, 2.75) is 19.0 Å². The van der Waals surface area contributed by atoms with Crippen molar-refractivity contribution in [3.05, 3.63) is 48.0 Å². The highest BCUT2D eigenvalue weighted by Crippen LogP contribution is 2.31. The minimum absolute atomic E-state index is 0.637. The maximum Gasteiger partial charge on any atom is 0.416 e. The molecule has 0 bridgehead atoms. The van der Waals surface area contributed by atoms with Gasteiger partial charge in [-0.1, -0.05) is 18.2 Å². The molecular weight excluding hydrogens is 277 g/mol. The summed E-state index contributed by atoms with van der Waals surface area (Å²) in [5.41, 5.74) is 0.763. The number of alkyl halides is 3. The van der Waals surface area contributed by atoms with Gasteiger partial charge in [-0.05, 0) is 37.1 Å². The zero-order valence-electron chi connectivity index (χ0n) is 11.4. The standard InChI is InChI=1S/C16H15F3N2/c17-16(18,19)13-8-6-12(7-9-13)14-4-3-5-15(20-14)21-10-1-2-11-21/h3-9H,1-2,10-11H2. The second kappa shape index (κ2) is 5.39. The Morgan fingerprint density at radius 2 is 1.57 bits per heavy atom. The predicted molar refractivity (Wildman–Crippen MR) is 76.1 cm³/mol. The van der Waals surface area contributed by atoms with Gasteiger partial charge in [0, 0.05) is 18.7 Å². The highest BCUT2D eigenvalue weighted by atomic mass is 19.4. The Bertz CT molecular complexity index is 614. The summed E-state index contributed by atoms with van der Waals surface area (Å²) in [4.78, 5) is 6.76. The number of hydrogen-bond donors (Lipinski definition) is 0. The first-order valence-electron chi connectivity index (χ1n) is 6.94. The van der Waals surface area contributed by atoms with Crippen LogP contribution < -0.4 is 4.90 Å². The monoisotopic (exact) mass is 292 g/mol. The van der Waals surface area contributed by atoms with Gasteiger partial charge < -0.3 is 4.90 Å². The van der Waals surface area contributed by atoms with Gasteiger partial charge in [-0.3, -0.25) is 0 Å². The maximum absolute atomic E-state index is 12.6. The van der Waals surface area contributed by atoms with Gasteiger partial charge in [0.25, 0.3) is 0 Å². The number of nitrogens with zero attached hydrogens (tertiary/aromatic N) is 2. The van der Waals surface area contributed by atoms with Crippen molar-refractivity contribution in [3.63, 3.8) is 0 Å². The first-order chi connectivity index (χ1) is 10.0. The summed E-state index contributed by atoms with van der Waals surface area (Å²) >= 11 is 0. The molecule has 0 spiro atoms. The second-order valence-corrected chi connectivity index (χ2v) is 5.15. The van der Waals surface area contributed by atoms with Gasteiger partial charge in [0.15, 0.2) is 0 Å². The lowest BCUT2D eigenvalue weighted by Gasteiger charge is -2.17. The SMILES string of the molecule is FC(F)(F)c1ccc(-c2cccc(N3CCCC3)n2)cc1. The number of hydrogen-bond acceptors (Lipinski definition) is 2. The quantitative estimate of drug-likeness (QED) is 0.817. The highest BCUT2D eigenvalue weighted by molar-refractivity contribution is 5.62. The molecule has 3 rings (SSSR count).